The van der Waals surface area contributed by atoms with Gasteiger partial charge in [-0.15, -0.1) is 0 Å². The Morgan fingerprint density at radius 1 is 1.40 bits per heavy atom. The van der Waals surface area contributed by atoms with Gasteiger partial charge >= 0.3 is 0 Å². The average molecular weight is 299 g/mol. The van der Waals surface area contributed by atoms with Crippen LogP contribution in [0.2, 0.25) is 0 Å². The van der Waals surface area contributed by atoms with E-state index in [9.17, 15) is 13.2 Å². The van der Waals surface area contributed by atoms with E-state index in [1.165, 1.54) is 0 Å². The zero-order chi connectivity index (χ0) is 14.8. The first-order valence-electron chi connectivity index (χ1n) is 6.97. The summed E-state index contributed by atoms with van der Waals surface area (Å²) in [5.74, 6) is 0.115. The van der Waals surface area contributed by atoms with Gasteiger partial charge in [-0.3, -0.25) is 9.48 Å². The molecule has 2 rings (SSSR count). The molecule has 2 N–H and O–H groups in total. The summed E-state index contributed by atoms with van der Waals surface area (Å²) < 4.78 is 25.4. The lowest BCUT2D eigenvalue weighted by atomic mass is 9.89. The van der Waals surface area contributed by atoms with Crippen LogP contribution in [-0.2, 0) is 16.4 Å². The topological polar surface area (TPSA) is 95.0 Å². The third-order valence-electron chi connectivity index (χ3n) is 4.04. The number of carbonyl (C=O) groups is 1. The molecule has 0 atom stereocenters. The maximum absolute atomic E-state index is 11.8. The summed E-state index contributed by atoms with van der Waals surface area (Å²) in [5.41, 5.74) is 5.43. The van der Waals surface area contributed by atoms with Gasteiger partial charge in [0.05, 0.1) is 5.25 Å². The van der Waals surface area contributed by atoms with Crippen LogP contribution in [0.5, 0.6) is 0 Å². The van der Waals surface area contributed by atoms with Crippen molar-refractivity contribution in [3.8, 4) is 0 Å². The average Bonchev–Trinajstić information content (AvgIpc) is 2.88. The molecule has 112 valence electrons. The van der Waals surface area contributed by atoms with Crippen LogP contribution in [0.1, 0.15) is 43.1 Å². The fourth-order valence-corrected chi connectivity index (χ4v) is 4.23. The summed E-state index contributed by atoms with van der Waals surface area (Å²) in [6.45, 7) is 2.42. The molecule has 1 amide bonds. The van der Waals surface area contributed by atoms with E-state index in [1.807, 2.05) is 0 Å². The highest BCUT2D eigenvalue weighted by Gasteiger charge is 2.29. The van der Waals surface area contributed by atoms with E-state index in [1.54, 1.807) is 23.9 Å². The van der Waals surface area contributed by atoms with Gasteiger partial charge < -0.3 is 5.73 Å². The molecule has 0 radical (unpaired) electrons. The van der Waals surface area contributed by atoms with Gasteiger partial charge in [-0.05, 0) is 37.7 Å². The molecule has 20 heavy (non-hydrogen) atoms. The van der Waals surface area contributed by atoms with Crippen LogP contribution < -0.4 is 5.73 Å². The fourth-order valence-electron chi connectivity index (χ4n) is 2.77. The van der Waals surface area contributed by atoms with Crippen molar-refractivity contribution in [2.24, 2.45) is 11.7 Å². The highest BCUT2D eigenvalue weighted by Crippen LogP contribution is 2.29. The molecule has 1 fully saturated rings. The Labute approximate surface area is 119 Å². The fraction of sp³-hybridized carbons (Fsp3) is 0.692. The number of nitrogens with zero attached hydrogens (tertiary/aromatic N) is 2. The smallest absolute Gasteiger partial charge is 0.269 e. The van der Waals surface area contributed by atoms with Gasteiger partial charge in [-0.2, -0.15) is 5.10 Å². The van der Waals surface area contributed by atoms with E-state index >= 15 is 0 Å². The molecule has 0 saturated heterocycles. The molecule has 1 saturated carbocycles. The Hall–Kier alpha value is -1.37. The van der Waals surface area contributed by atoms with Crippen molar-refractivity contribution in [3.63, 3.8) is 0 Å². The number of primary amides is 1. The maximum Gasteiger partial charge on any atom is 0.269 e. The van der Waals surface area contributed by atoms with Crippen molar-refractivity contribution in [1.82, 2.24) is 9.78 Å². The number of amides is 1. The van der Waals surface area contributed by atoms with Crippen molar-refractivity contribution >= 4 is 15.7 Å². The second-order valence-electron chi connectivity index (χ2n) is 5.38. The van der Waals surface area contributed by atoms with Gasteiger partial charge in [-0.1, -0.05) is 6.92 Å². The number of sulfone groups is 1. The Morgan fingerprint density at radius 3 is 2.55 bits per heavy atom. The minimum absolute atomic E-state index is 0.178. The third-order valence-corrected chi connectivity index (χ3v) is 6.33. The lowest BCUT2D eigenvalue weighted by Crippen LogP contribution is -2.29. The van der Waals surface area contributed by atoms with Crippen LogP contribution in [0.25, 0.3) is 0 Å². The van der Waals surface area contributed by atoms with Gasteiger partial charge in [-0.25, -0.2) is 8.42 Å². The number of nitrogens with two attached hydrogens (primary N) is 1. The van der Waals surface area contributed by atoms with Crippen LogP contribution in [0.15, 0.2) is 12.3 Å². The lowest BCUT2D eigenvalue weighted by molar-refractivity contribution is 0.0994. The molecular formula is C13H21N3O3S. The van der Waals surface area contributed by atoms with Gasteiger partial charge in [0, 0.05) is 18.5 Å². The van der Waals surface area contributed by atoms with E-state index < -0.39 is 15.7 Å². The number of carbonyl (C=O) groups excluding carboxylic acids is 1. The van der Waals surface area contributed by atoms with Crippen molar-refractivity contribution in [3.05, 3.63) is 18.0 Å². The van der Waals surface area contributed by atoms with E-state index in [-0.39, 0.29) is 16.7 Å². The molecule has 0 unspecified atom stereocenters. The Balaban J connectivity index is 1.89. The molecule has 7 heteroatoms. The minimum Gasteiger partial charge on any atom is -0.364 e. The number of aromatic nitrogens is 2. The van der Waals surface area contributed by atoms with Crippen LogP contribution in [0.4, 0.5) is 0 Å². The van der Waals surface area contributed by atoms with E-state index in [4.69, 9.17) is 5.73 Å². The highest BCUT2D eigenvalue weighted by atomic mass is 32.2. The van der Waals surface area contributed by atoms with Gasteiger partial charge in [0.1, 0.15) is 5.69 Å². The molecule has 0 spiro atoms. The lowest BCUT2D eigenvalue weighted by Gasteiger charge is -2.27. The zero-order valence-corrected chi connectivity index (χ0v) is 12.5. The Kier molecular flexibility index (Phi) is 4.47. The number of hydrogen-bond donors (Lipinski definition) is 1. The molecule has 1 aliphatic rings. The number of hydrogen-bond acceptors (Lipinski definition) is 4. The quantitative estimate of drug-likeness (QED) is 0.876. The molecular weight excluding hydrogens is 278 g/mol. The van der Waals surface area contributed by atoms with Crippen molar-refractivity contribution < 1.29 is 13.2 Å². The highest BCUT2D eigenvalue weighted by molar-refractivity contribution is 7.92. The van der Waals surface area contributed by atoms with E-state index in [0.717, 1.165) is 25.7 Å². The predicted octanol–water partition coefficient (Wildman–Crippen LogP) is 0.976. The SMILES string of the molecule is CCS(=O)(=O)C1CCC(Cn2ccc(C(N)=O)n2)CC1. The summed E-state index contributed by atoms with van der Waals surface area (Å²) in [6, 6.07) is 1.61. The summed E-state index contributed by atoms with van der Waals surface area (Å²) in [5, 5.41) is 3.93. The molecule has 1 heterocycles. The molecule has 0 aromatic carbocycles. The minimum atomic E-state index is -2.91. The molecule has 1 aliphatic carbocycles. The second kappa shape index (κ2) is 5.95. The second-order valence-corrected chi connectivity index (χ2v) is 7.95. The largest absolute Gasteiger partial charge is 0.364 e. The van der Waals surface area contributed by atoms with Crippen molar-refractivity contribution in [2.75, 3.05) is 5.75 Å². The molecule has 6 nitrogen and oxygen atoms in total. The van der Waals surface area contributed by atoms with Crippen LogP contribution in [0, 0.1) is 5.92 Å². The first-order valence-corrected chi connectivity index (χ1v) is 8.68. The van der Waals surface area contributed by atoms with Crippen LogP contribution >= 0.6 is 0 Å². The molecule has 0 aliphatic heterocycles. The molecule has 0 bridgehead atoms. The normalized spacial score (nSPS) is 23.6. The Morgan fingerprint density at radius 2 is 2.05 bits per heavy atom. The van der Waals surface area contributed by atoms with Gasteiger partial charge in [0.2, 0.25) is 0 Å². The van der Waals surface area contributed by atoms with Gasteiger partial charge in [0.25, 0.3) is 5.91 Å². The molecule has 1 aromatic rings. The monoisotopic (exact) mass is 299 g/mol. The number of rotatable bonds is 5. The predicted molar refractivity (Wildman–Crippen MR) is 76.0 cm³/mol. The standard InChI is InChI=1S/C13H21N3O3S/c1-2-20(18,19)11-5-3-10(4-6-11)9-16-8-7-12(15-16)13(14)17/h7-8,10-11H,2-6,9H2,1H3,(H2,14,17). The van der Waals surface area contributed by atoms with Crippen molar-refractivity contribution in [1.29, 1.82) is 0 Å². The van der Waals surface area contributed by atoms with Crippen LogP contribution in [-0.4, -0.2) is 35.1 Å². The zero-order valence-electron chi connectivity index (χ0n) is 11.7. The summed E-state index contributed by atoms with van der Waals surface area (Å²) in [4.78, 5) is 11.0. The van der Waals surface area contributed by atoms with Gasteiger partial charge in [0.15, 0.2) is 9.84 Å². The summed E-state index contributed by atoms with van der Waals surface area (Å²) in [6.07, 6.45) is 4.97. The molecule has 1 aromatic heterocycles. The summed E-state index contributed by atoms with van der Waals surface area (Å²) in [7, 11) is -2.91. The third kappa shape index (κ3) is 3.39. The summed E-state index contributed by atoms with van der Waals surface area (Å²) >= 11 is 0. The van der Waals surface area contributed by atoms with Crippen molar-refractivity contribution in [2.45, 2.75) is 44.4 Å². The Bertz CT molecular complexity index is 571. The van der Waals surface area contributed by atoms with E-state index in [0.29, 0.717) is 12.5 Å². The van der Waals surface area contributed by atoms with E-state index in [2.05, 4.69) is 5.10 Å². The first kappa shape index (κ1) is 15.0. The van der Waals surface area contributed by atoms with Crippen LogP contribution in [0.3, 0.4) is 0 Å². The maximum atomic E-state index is 11.8. The first-order chi connectivity index (χ1) is 9.42.